The number of para-hydroxylation sites is 1. The molecular formula is C28H24N6O4. The number of amides is 3. The monoisotopic (exact) mass is 508 g/mol. The van der Waals surface area contributed by atoms with Gasteiger partial charge in [-0.2, -0.15) is 0 Å². The summed E-state index contributed by atoms with van der Waals surface area (Å²) in [5.74, 6) is -0.980. The van der Waals surface area contributed by atoms with E-state index in [0.29, 0.717) is 41.9 Å². The molecule has 3 aromatic rings. The van der Waals surface area contributed by atoms with Gasteiger partial charge in [0.25, 0.3) is 11.8 Å². The molecule has 190 valence electrons. The van der Waals surface area contributed by atoms with Gasteiger partial charge in [-0.15, -0.1) is 0 Å². The van der Waals surface area contributed by atoms with Crippen LogP contribution in [0.3, 0.4) is 0 Å². The molecule has 1 aromatic carbocycles. The average molecular weight is 509 g/mol. The summed E-state index contributed by atoms with van der Waals surface area (Å²) in [6, 6.07) is 7.15. The number of carbonyl (C=O) groups excluding carboxylic acids is 3. The molecule has 0 bridgehead atoms. The summed E-state index contributed by atoms with van der Waals surface area (Å²) >= 11 is 0. The summed E-state index contributed by atoms with van der Waals surface area (Å²) in [5.41, 5.74) is 4.12. The highest BCUT2D eigenvalue weighted by atomic mass is 16.3. The Balaban J connectivity index is 1.33. The van der Waals surface area contributed by atoms with Crippen LogP contribution in [-0.2, 0) is 20.8 Å². The molecule has 0 saturated carbocycles. The number of nitrogens with one attached hydrogen (secondary N) is 1. The normalized spacial score (nSPS) is 21.2. The van der Waals surface area contributed by atoms with Gasteiger partial charge < -0.3 is 19.1 Å². The highest BCUT2D eigenvalue weighted by Gasteiger charge is 2.42. The summed E-state index contributed by atoms with van der Waals surface area (Å²) in [5, 5.41) is 3.15. The molecule has 0 spiro atoms. The number of likely N-dealkylation sites (N-methyl/N-ethyl adjacent to an activating group) is 1. The third kappa shape index (κ3) is 3.33. The second-order valence-electron chi connectivity index (χ2n) is 9.90. The minimum atomic E-state index is -0.533. The number of hydrogen-bond acceptors (Lipinski definition) is 8. The van der Waals surface area contributed by atoms with Gasteiger partial charge >= 0.3 is 0 Å². The fourth-order valence-electron chi connectivity index (χ4n) is 5.79. The fraction of sp³-hybridized carbons (Fsp3) is 0.250. The predicted octanol–water partition coefficient (Wildman–Crippen LogP) is 1.72. The number of pyridine rings is 1. The van der Waals surface area contributed by atoms with Crippen LogP contribution in [0.5, 0.6) is 0 Å². The lowest BCUT2D eigenvalue weighted by molar-refractivity contribution is -0.134. The first-order chi connectivity index (χ1) is 18.5. The molecule has 1 saturated heterocycles. The number of benzene rings is 1. The molecule has 1 atom stereocenters. The van der Waals surface area contributed by atoms with E-state index in [1.807, 2.05) is 28.0 Å². The molecular weight excluding hydrogens is 484 g/mol. The van der Waals surface area contributed by atoms with Gasteiger partial charge in [-0.25, -0.2) is 0 Å². The van der Waals surface area contributed by atoms with Crippen LogP contribution in [0.15, 0.2) is 70.3 Å². The lowest BCUT2D eigenvalue weighted by atomic mass is 9.93. The molecule has 1 N–H and O–H groups in total. The Kier molecular flexibility index (Phi) is 5.05. The number of imide groups is 1. The van der Waals surface area contributed by atoms with Crippen LogP contribution in [0.4, 0.5) is 5.69 Å². The zero-order valence-corrected chi connectivity index (χ0v) is 20.7. The summed E-state index contributed by atoms with van der Waals surface area (Å²) in [7, 11) is 2.06. The lowest BCUT2D eigenvalue weighted by Gasteiger charge is -2.35. The molecule has 0 aliphatic carbocycles. The number of rotatable bonds is 3. The highest BCUT2D eigenvalue weighted by molar-refractivity contribution is 6.48. The summed E-state index contributed by atoms with van der Waals surface area (Å²) < 4.78 is 5.65. The number of furan rings is 1. The third-order valence-corrected chi connectivity index (χ3v) is 7.71. The first kappa shape index (κ1) is 22.6. The van der Waals surface area contributed by atoms with E-state index in [-0.39, 0.29) is 17.1 Å². The molecule has 10 heteroatoms. The Morgan fingerprint density at radius 2 is 1.84 bits per heavy atom. The molecule has 4 aliphatic rings. The Morgan fingerprint density at radius 3 is 2.68 bits per heavy atom. The minimum Gasteiger partial charge on any atom is -0.464 e. The summed E-state index contributed by atoms with van der Waals surface area (Å²) in [6.07, 6.45) is 8.64. The van der Waals surface area contributed by atoms with Crippen LogP contribution < -0.4 is 10.2 Å². The molecule has 7 rings (SSSR count). The summed E-state index contributed by atoms with van der Waals surface area (Å²) in [4.78, 5) is 55.0. The highest BCUT2D eigenvalue weighted by Crippen LogP contribution is 2.41. The Labute approximate surface area is 217 Å². The smallest absolute Gasteiger partial charge is 0.261 e. The second-order valence-corrected chi connectivity index (χ2v) is 9.90. The number of anilines is 1. The zero-order chi connectivity index (χ0) is 26.0. The van der Waals surface area contributed by atoms with E-state index < -0.39 is 17.9 Å². The van der Waals surface area contributed by atoms with E-state index >= 15 is 0 Å². The third-order valence-electron chi connectivity index (χ3n) is 7.71. The SMILES string of the molecule is CN1CCN(C(=O)C2Cc3cccc4c3N2C=CN=C4C2=C(c3cncc4ccoc34)C(=O)NC2=O)CC1. The maximum Gasteiger partial charge on any atom is 0.261 e. The first-order valence-electron chi connectivity index (χ1n) is 12.6. The van der Waals surface area contributed by atoms with Gasteiger partial charge in [0, 0.05) is 73.9 Å². The maximum absolute atomic E-state index is 13.6. The average Bonchev–Trinajstić information content (AvgIpc) is 3.58. The second kappa shape index (κ2) is 8.49. The number of nitrogens with zero attached hydrogens (tertiary/aromatic N) is 5. The molecule has 0 radical (unpaired) electrons. The number of hydrogen-bond donors (Lipinski definition) is 1. The minimum absolute atomic E-state index is 0.0811. The largest absolute Gasteiger partial charge is 0.464 e. The van der Waals surface area contributed by atoms with Crippen molar-refractivity contribution in [2.24, 2.45) is 4.99 Å². The van der Waals surface area contributed by atoms with Crippen molar-refractivity contribution in [3.05, 3.63) is 77.6 Å². The lowest BCUT2D eigenvalue weighted by Crippen LogP contribution is -2.53. The molecule has 1 fully saturated rings. The van der Waals surface area contributed by atoms with Crippen molar-refractivity contribution in [2.75, 3.05) is 38.1 Å². The van der Waals surface area contributed by atoms with Crippen LogP contribution in [0.25, 0.3) is 16.5 Å². The number of carbonyl (C=O) groups is 3. The number of fused-ring (bicyclic) bond motifs is 1. The standard InChI is InChI=1S/C28H24N6O4/c1-32-8-10-33(11-9-32)28(37)20-13-16-3-2-4-18-23(30-6-7-34(20)24(16)18)22-21(26(35)31-27(22)36)19-15-29-14-17-5-12-38-25(17)19/h2-7,12,14-15,20H,8-11,13H2,1H3,(H,31,35,36). The van der Waals surface area contributed by atoms with E-state index in [1.54, 1.807) is 24.7 Å². The van der Waals surface area contributed by atoms with Gasteiger partial charge in [-0.3, -0.25) is 29.7 Å². The van der Waals surface area contributed by atoms with Gasteiger partial charge in [0.2, 0.25) is 5.91 Å². The van der Waals surface area contributed by atoms with Crippen molar-refractivity contribution < 1.29 is 18.8 Å². The van der Waals surface area contributed by atoms with E-state index in [9.17, 15) is 14.4 Å². The van der Waals surface area contributed by atoms with Gasteiger partial charge in [-0.1, -0.05) is 18.2 Å². The van der Waals surface area contributed by atoms with E-state index in [2.05, 4.69) is 27.2 Å². The van der Waals surface area contributed by atoms with Crippen LogP contribution in [0.2, 0.25) is 0 Å². The maximum atomic E-state index is 13.6. The molecule has 4 aliphatic heterocycles. The molecule has 2 aromatic heterocycles. The number of piperazine rings is 1. The summed E-state index contributed by atoms with van der Waals surface area (Å²) in [6.45, 7) is 3.08. The van der Waals surface area contributed by atoms with Crippen molar-refractivity contribution in [2.45, 2.75) is 12.5 Å². The molecule has 1 unspecified atom stereocenters. The topological polar surface area (TPSA) is 111 Å². The fourth-order valence-corrected chi connectivity index (χ4v) is 5.79. The Bertz CT molecular complexity index is 1620. The molecule has 3 amide bonds. The first-order valence-corrected chi connectivity index (χ1v) is 12.6. The van der Waals surface area contributed by atoms with Crippen molar-refractivity contribution >= 4 is 45.7 Å². The van der Waals surface area contributed by atoms with Gasteiger partial charge in [0.1, 0.15) is 11.6 Å². The van der Waals surface area contributed by atoms with Crippen LogP contribution in [0.1, 0.15) is 16.7 Å². The van der Waals surface area contributed by atoms with Crippen molar-refractivity contribution in [1.82, 2.24) is 20.1 Å². The van der Waals surface area contributed by atoms with E-state index in [1.165, 1.54) is 12.5 Å². The van der Waals surface area contributed by atoms with Crippen molar-refractivity contribution in [1.29, 1.82) is 0 Å². The van der Waals surface area contributed by atoms with Crippen molar-refractivity contribution in [3.8, 4) is 0 Å². The van der Waals surface area contributed by atoms with Gasteiger partial charge in [0.05, 0.1) is 28.8 Å². The zero-order valence-electron chi connectivity index (χ0n) is 20.7. The molecule has 6 heterocycles. The number of aromatic nitrogens is 1. The number of aliphatic imine (C=N–C) groups is 1. The van der Waals surface area contributed by atoms with Crippen molar-refractivity contribution in [3.63, 3.8) is 0 Å². The van der Waals surface area contributed by atoms with Crippen LogP contribution in [-0.4, -0.2) is 77.5 Å². The van der Waals surface area contributed by atoms with E-state index in [0.717, 1.165) is 29.7 Å². The predicted molar refractivity (Wildman–Crippen MR) is 140 cm³/mol. The molecule has 38 heavy (non-hydrogen) atoms. The van der Waals surface area contributed by atoms with Gasteiger partial charge in [-0.05, 0) is 18.7 Å². The molecule has 10 nitrogen and oxygen atoms in total. The van der Waals surface area contributed by atoms with Gasteiger partial charge in [0.15, 0.2) is 0 Å². The van der Waals surface area contributed by atoms with Crippen LogP contribution in [0, 0.1) is 0 Å². The quantitative estimate of drug-likeness (QED) is 0.537. The Hall–Kier alpha value is -4.57. The van der Waals surface area contributed by atoms with Crippen LogP contribution >= 0.6 is 0 Å². The Morgan fingerprint density at radius 1 is 1.03 bits per heavy atom. The van der Waals surface area contributed by atoms with E-state index in [4.69, 9.17) is 4.42 Å².